The number of para-hydroxylation sites is 1. The average Bonchev–Trinajstić information content (AvgIpc) is 2.56. The summed E-state index contributed by atoms with van der Waals surface area (Å²) in [7, 11) is 0. The summed E-state index contributed by atoms with van der Waals surface area (Å²) >= 11 is 0. The van der Waals surface area contributed by atoms with Crippen molar-refractivity contribution >= 4 is 0 Å². The van der Waals surface area contributed by atoms with Gasteiger partial charge in [-0.15, -0.1) is 0 Å². The third-order valence-corrected chi connectivity index (χ3v) is 3.83. The molecular weight excluding hydrogens is 276 g/mol. The lowest BCUT2D eigenvalue weighted by atomic mass is 9.90. The van der Waals surface area contributed by atoms with E-state index < -0.39 is 0 Å². The van der Waals surface area contributed by atoms with Crippen molar-refractivity contribution < 1.29 is 14.6 Å². The normalized spacial score (nSPS) is 13.6. The Kier molecular flexibility index (Phi) is 5.99. The third-order valence-electron chi connectivity index (χ3n) is 3.83. The minimum Gasteiger partial charge on any atom is -0.457 e. The fourth-order valence-electron chi connectivity index (χ4n) is 2.00. The highest BCUT2D eigenvalue weighted by Crippen LogP contribution is 2.24. The summed E-state index contributed by atoms with van der Waals surface area (Å²) in [6, 6.07) is 17.6. The molecule has 0 amide bonds. The summed E-state index contributed by atoms with van der Waals surface area (Å²) in [6.07, 6.45) is 0.890. The Labute approximate surface area is 132 Å². The Morgan fingerprint density at radius 2 is 1.73 bits per heavy atom. The lowest BCUT2D eigenvalue weighted by Gasteiger charge is -2.25. The Morgan fingerprint density at radius 3 is 2.41 bits per heavy atom. The summed E-state index contributed by atoms with van der Waals surface area (Å²) in [4.78, 5) is 0. The molecule has 2 aromatic carbocycles. The van der Waals surface area contributed by atoms with Gasteiger partial charge in [0, 0.05) is 5.41 Å². The van der Waals surface area contributed by atoms with Gasteiger partial charge in [-0.25, -0.2) is 0 Å². The zero-order chi connectivity index (χ0) is 15.8. The minimum absolute atomic E-state index is 0.140. The smallest absolute Gasteiger partial charge is 0.127 e. The van der Waals surface area contributed by atoms with E-state index in [0.717, 1.165) is 23.5 Å². The maximum atomic E-state index is 9.39. The number of rotatable bonds is 8. The number of ether oxygens (including phenoxy) is 2. The van der Waals surface area contributed by atoms with Crippen LogP contribution >= 0.6 is 0 Å². The first-order chi connectivity index (χ1) is 10.6. The minimum atomic E-state index is -0.169. The van der Waals surface area contributed by atoms with E-state index in [1.165, 1.54) is 0 Å². The number of benzene rings is 2. The molecule has 1 atom stereocenters. The van der Waals surface area contributed by atoms with Crippen LogP contribution in [-0.2, 0) is 11.3 Å². The second kappa shape index (κ2) is 7.97. The van der Waals surface area contributed by atoms with Crippen LogP contribution in [0.15, 0.2) is 54.6 Å². The van der Waals surface area contributed by atoms with Gasteiger partial charge in [0.05, 0.1) is 19.8 Å². The maximum Gasteiger partial charge on any atom is 0.127 e. The third kappa shape index (κ3) is 4.86. The predicted molar refractivity (Wildman–Crippen MR) is 88.1 cm³/mol. The first-order valence-electron chi connectivity index (χ1n) is 7.66. The van der Waals surface area contributed by atoms with Gasteiger partial charge in [0.25, 0.3) is 0 Å². The number of aliphatic hydroxyl groups is 1. The van der Waals surface area contributed by atoms with E-state index in [4.69, 9.17) is 9.47 Å². The van der Waals surface area contributed by atoms with Crippen LogP contribution in [0.2, 0.25) is 0 Å². The highest BCUT2D eigenvalue weighted by molar-refractivity contribution is 5.33. The molecule has 2 rings (SSSR count). The fourth-order valence-corrected chi connectivity index (χ4v) is 2.00. The SMILES string of the molecule is CCC(C)(CO)COCc1cccc(Oc2ccccc2)c1. The highest BCUT2D eigenvalue weighted by Gasteiger charge is 2.21. The molecule has 0 bridgehead atoms. The van der Waals surface area contributed by atoms with Crippen molar-refractivity contribution in [2.75, 3.05) is 13.2 Å². The predicted octanol–water partition coefficient (Wildman–Crippen LogP) is 4.40. The van der Waals surface area contributed by atoms with Crippen molar-refractivity contribution in [2.24, 2.45) is 5.41 Å². The van der Waals surface area contributed by atoms with E-state index in [9.17, 15) is 5.11 Å². The molecule has 0 heterocycles. The van der Waals surface area contributed by atoms with E-state index in [1.54, 1.807) is 0 Å². The van der Waals surface area contributed by atoms with E-state index in [2.05, 4.69) is 6.92 Å². The Hall–Kier alpha value is -1.84. The van der Waals surface area contributed by atoms with Crippen molar-refractivity contribution in [3.05, 3.63) is 60.2 Å². The summed E-state index contributed by atoms with van der Waals surface area (Å²) in [5.74, 6) is 1.62. The van der Waals surface area contributed by atoms with Crippen LogP contribution < -0.4 is 4.74 Å². The second-order valence-electron chi connectivity index (χ2n) is 5.88. The van der Waals surface area contributed by atoms with Crippen LogP contribution in [-0.4, -0.2) is 18.3 Å². The molecule has 0 aromatic heterocycles. The standard InChI is InChI=1S/C19H24O3/c1-3-19(2,14-20)15-21-13-16-8-7-11-18(12-16)22-17-9-5-4-6-10-17/h4-12,20H,3,13-15H2,1-2H3. The summed E-state index contributed by atoms with van der Waals surface area (Å²) in [6.45, 7) is 5.29. The molecule has 118 valence electrons. The van der Waals surface area contributed by atoms with Gasteiger partial charge in [-0.1, -0.05) is 44.2 Å². The number of hydrogen-bond donors (Lipinski definition) is 1. The van der Waals surface area contributed by atoms with Gasteiger partial charge < -0.3 is 14.6 Å². The topological polar surface area (TPSA) is 38.7 Å². The zero-order valence-corrected chi connectivity index (χ0v) is 13.3. The molecule has 3 heteroatoms. The molecule has 2 aromatic rings. The lowest BCUT2D eigenvalue weighted by Crippen LogP contribution is -2.26. The summed E-state index contributed by atoms with van der Waals surface area (Å²) in [5.41, 5.74) is 0.892. The van der Waals surface area contributed by atoms with Crippen molar-refractivity contribution in [1.82, 2.24) is 0 Å². The van der Waals surface area contributed by atoms with Gasteiger partial charge in [-0.3, -0.25) is 0 Å². The molecule has 0 aliphatic carbocycles. The summed E-state index contributed by atoms with van der Waals surface area (Å²) < 4.78 is 11.6. The molecule has 0 saturated carbocycles. The summed E-state index contributed by atoms with van der Waals surface area (Å²) in [5, 5.41) is 9.39. The van der Waals surface area contributed by atoms with Crippen LogP contribution in [0.1, 0.15) is 25.8 Å². The molecule has 1 unspecified atom stereocenters. The van der Waals surface area contributed by atoms with E-state index in [1.807, 2.05) is 61.5 Å². The zero-order valence-electron chi connectivity index (χ0n) is 13.3. The Balaban J connectivity index is 1.92. The largest absolute Gasteiger partial charge is 0.457 e. The highest BCUT2D eigenvalue weighted by atomic mass is 16.5. The fraction of sp³-hybridized carbons (Fsp3) is 0.368. The molecule has 1 N–H and O–H groups in total. The number of hydrogen-bond acceptors (Lipinski definition) is 3. The van der Waals surface area contributed by atoms with Crippen molar-refractivity contribution in [3.63, 3.8) is 0 Å². The maximum absolute atomic E-state index is 9.39. The van der Waals surface area contributed by atoms with Gasteiger partial charge in [0.1, 0.15) is 11.5 Å². The average molecular weight is 300 g/mol. The van der Waals surface area contributed by atoms with Crippen LogP contribution in [0.5, 0.6) is 11.5 Å². The molecule has 0 radical (unpaired) electrons. The van der Waals surface area contributed by atoms with Crippen LogP contribution in [0.4, 0.5) is 0 Å². The molecular formula is C19H24O3. The molecule has 0 aliphatic heterocycles. The molecule has 0 spiro atoms. The van der Waals surface area contributed by atoms with Crippen LogP contribution in [0.3, 0.4) is 0 Å². The molecule has 22 heavy (non-hydrogen) atoms. The van der Waals surface area contributed by atoms with Gasteiger partial charge >= 0.3 is 0 Å². The molecule has 0 saturated heterocycles. The first-order valence-corrected chi connectivity index (χ1v) is 7.66. The second-order valence-corrected chi connectivity index (χ2v) is 5.88. The van der Waals surface area contributed by atoms with Gasteiger partial charge in [0.15, 0.2) is 0 Å². The molecule has 0 aliphatic rings. The van der Waals surface area contributed by atoms with E-state index in [0.29, 0.717) is 13.2 Å². The van der Waals surface area contributed by atoms with Crippen molar-refractivity contribution in [1.29, 1.82) is 0 Å². The monoisotopic (exact) mass is 300 g/mol. The quantitative estimate of drug-likeness (QED) is 0.785. The van der Waals surface area contributed by atoms with Crippen molar-refractivity contribution in [2.45, 2.75) is 26.9 Å². The molecule has 3 nitrogen and oxygen atoms in total. The van der Waals surface area contributed by atoms with Crippen molar-refractivity contribution in [3.8, 4) is 11.5 Å². The lowest BCUT2D eigenvalue weighted by molar-refractivity contribution is 0.00722. The van der Waals surface area contributed by atoms with Gasteiger partial charge in [-0.05, 0) is 36.2 Å². The van der Waals surface area contributed by atoms with Gasteiger partial charge in [0.2, 0.25) is 0 Å². The van der Waals surface area contributed by atoms with E-state index in [-0.39, 0.29) is 12.0 Å². The van der Waals surface area contributed by atoms with Gasteiger partial charge in [-0.2, -0.15) is 0 Å². The Bertz CT molecular complexity index is 562. The van der Waals surface area contributed by atoms with Crippen LogP contribution in [0.25, 0.3) is 0 Å². The Morgan fingerprint density at radius 1 is 1.00 bits per heavy atom. The first kappa shape index (κ1) is 16.5. The molecule has 0 fully saturated rings. The van der Waals surface area contributed by atoms with Crippen LogP contribution in [0, 0.1) is 5.41 Å². The number of aliphatic hydroxyl groups excluding tert-OH is 1. The van der Waals surface area contributed by atoms with E-state index >= 15 is 0 Å².